The van der Waals surface area contributed by atoms with E-state index in [4.69, 9.17) is 35.6 Å². The fourth-order valence-electron chi connectivity index (χ4n) is 6.30. The summed E-state index contributed by atoms with van der Waals surface area (Å²) in [5.41, 5.74) is 0.496. The summed E-state index contributed by atoms with van der Waals surface area (Å²) in [4.78, 5) is 11.8. The van der Waals surface area contributed by atoms with Gasteiger partial charge >= 0.3 is 0 Å². The van der Waals surface area contributed by atoms with E-state index in [1.807, 2.05) is 18.2 Å². The first kappa shape index (κ1) is 17.3. The van der Waals surface area contributed by atoms with Gasteiger partial charge in [-0.15, -0.1) is 0 Å². The first-order valence-electron chi connectivity index (χ1n) is 9.46. The van der Waals surface area contributed by atoms with Crippen LogP contribution < -0.4 is 4.74 Å². The summed E-state index contributed by atoms with van der Waals surface area (Å²) in [5, 5.41) is 0.538. The van der Waals surface area contributed by atoms with Crippen molar-refractivity contribution in [1.29, 1.82) is 0 Å². The summed E-state index contributed by atoms with van der Waals surface area (Å²) in [6.07, 6.45) is 6.23. The van der Waals surface area contributed by atoms with Crippen molar-refractivity contribution in [1.82, 2.24) is 0 Å². The number of hydrogen-bond acceptors (Lipinski definition) is 5. The normalized spacial score (nSPS) is 42.9. The maximum absolute atomic E-state index is 6.29. The van der Waals surface area contributed by atoms with Gasteiger partial charge < -0.3 is 14.2 Å². The van der Waals surface area contributed by atoms with E-state index in [2.05, 4.69) is 0 Å². The molecule has 1 aromatic rings. The molecule has 1 unspecified atom stereocenters. The van der Waals surface area contributed by atoms with Gasteiger partial charge in [0.1, 0.15) is 5.75 Å². The Labute approximate surface area is 158 Å². The van der Waals surface area contributed by atoms with Crippen LogP contribution in [0.15, 0.2) is 18.2 Å². The Morgan fingerprint density at radius 2 is 1.73 bits per heavy atom. The summed E-state index contributed by atoms with van der Waals surface area (Å²) in [6, 6.07) is 5.69. The van der Waals surface area contributed by atoms with Crippen molar-refractivity contribution in [3.63, 3.8) is 0 Å². The van der Waals surface area contributed by atoms with Gasteiger partial charge in [0, 0.05) is 19.8 Å². The van der Waals surface area contributed by atoms with Crippen LogP contribution in [0.25, 0.3) is 0 Å². The van der Waals surface area contributed by atoms with E-state index >= 15 is 0 Å². The third kappa shape index (κ3) is 2.12. The molecule has 1 spiro atoms. The molecule has 1 atom stereocenters. The molecule has 1 aliphatic heterocycles. The lowest BCUT2D eigenvalue weighted by Crippen LogP contribution is -2.76. The smallest absolute Gasteiger partial charge is 0.260 e. The van der Waals surface area contributed by atoms with Crippen molar-refractivity contribution in [2.45, 2.75) is 43.5 Å². The van der Waals surface area contributed by atoms with E-state index in [1.165, 1.54) is 32.1 Å². The molecular weight excluding hydrogens is 356 g/mol. The largest absolute Gasteiger partial charge is 0.466 e. The van der Waals surface area contributed by atoms with Crippen LogP contribution in [0.5, 0.6) is 5.75 Å². The Morgan fingerprint density at radius 3 is 2.27 bits per heavy atom. The number of halogens is 1. The zero-order chi connectivity index (χ0) is 17.9. The molecule has 1 aromatic carbocycles. The van der Waals surface area contributed by atoms with Crippen molar-refractivity contribution >= 4 is 11.6 Å². The lowest BCUT2D eigenvalue weighted by atomic mass is 9.47. The quantitative estimate of drug-likeness (QED) is 0.563. The first-order valence-corrected chi connectivity index (χ1v) is 9.84. The molecule has 26 heavy (non-hydrogen) atoms. The molecule has 0 N–H and O–H groups in total. The van der Waals surface area contributed by atoms with Gasteiger partial charge in [-0.1, -0.05) is 17.7 Å². The van der Waals surface area contributed by atoms with Gasteiger partial charge in [0.05, 0.1) is 5.02 Å². The van der Waals surface area contributed by atoms with Crippen LogP contribution in [-0.4, -0.2) is 26.6 Å². The number of ether oxygens (including phenoxy) is 3. The zero-order valence-corrected chi connectivity index (χ0v) is 16.0. The van der Waals surface area contributed by atoms with E-state index in [9.17, 15) is 0 Å². The van der Waals surface area contributed by atoms with Crippen LogP contribution in [0, 0.1) is 23.7 Å². The molecule has 4 aliphatic carbocycles. The van der Waals surface area contributed by atoms with Crippen LogP contribution in [0.1, 0.15) is 37.7 Å². The lowest BCUT2D eigenvalue weighted by molar-refractivity contribution is -0.645. The van der Waals surface area contributed by atoms with Crippen LogP contribution in [-0.2, 0) is 25.0 Å². The topological polar surface area (TPSA) is 46.2 Å². The standard InChI is InChI=1S/C20H25ClO5/c1-22-11-24-18-10-14(3-4-17(18)21)20(23-2)19(25-26-20)15-6-12-5-13(8-15)9-16(19)7-12/h3-4,10,12-13,15-16H,5-9,11H2,1-2H3. The van der Waals surface area contributed by atoms with Gasteiger partial charge in [0.25, 0.3) is 5.79 Å². The van der Waals surface area contributed by atoms with Crippen molar-refractivity contribution < 1.29 is 24.0 Å². The first-order chi connectivity index (χ1) is 12.6. The molecular formula is C20H25ClO5. The average Bonchev–Trinajstić information content (AvgIpc) is 2.61. The number of benzene rings is 1. The maximum Gasteiger partial charge on any atom is 0.260 e. The predicted molar refractivity (Wildman–Crippen MR) is 94.6 cm³/mol. The van der Waals surface area contributed by atoms with E-state index in [1.54, 1.807) is 14.2 Å². The Bertz CT molecular complexity index is 675. The molecule has 0 amide bonds. The summed E-state index contributed by atoms with van der Waals surface area (Å²) in [5.74, 6) is 2.31. The second-order valence-corrected chi connectivity index (χ2v) is 8.69. The van der Waals surface area contributed by atoms with Crippen LogP contribution in [0.3, 0.4) is 0 Å². The van der Waals surface area contributed by atoms with Crippen molar-refractivity contribution in [2.75, 3.05) is 21.0 Å². The Balaban J connectivity index is 1.55. The SMILES string of the molecule is COCOc1cc(C2(OC)OOC23C2CC4CC(C2)CC3C4)ccc1Cl. The van der Waals surface area contributed by atoms with E-state index < -0.39 is 11.4 Å². The summed E-state index contributed by atoms with van der Waals surface area (Å²) < 4.78 is 16.7. The molecule has 4 bridgehead atoms. The summed E-state index contributed by atoms with van der Waals surface area (Å²) in [7, 11) is 3.29. The Kier molecular flexibility index (Phi) is 4.03. The molecule has 5 aliphatic rings. The van der Waals surface area contributed by atoms with Gasteiger partial charge in [-0.05, 0) is 67.9 Å². The summed E-state index contributed by atoms with van der Waals surface area (Å²) >= 11 is 6.29. The highest BCUT2D eigenvalue weighted by molar-refractivity contribution is 6.32. The lowest BCUT2D eigenvalue weighted by Gasteiger charge is -2.68. The molecule has 5 nitrogen and oxygen atoms in total. The highest BCUT2D eigenvalue weighted by atomic mass is 35.5. The number of methoxy groups -OCH3 is 2. The van der Waals surface area contributed by atoms with Crippen LogP contribution >= 0.6 is 11.6 Å². The van der Waals surface area contributed by atoms with Gasteiger partial charge in [0.2, 0.25) is 0 Å². The number of hydrogen-bond donors (Lipinski definition) is 0. The minimum atomic E-state index is -0.897. The highest BCUT2D eigenvalue weighted by Crippen LogP contribution is 2.69. The fraction of sp³-hybridized carbons (Fsp3) is 0.700. The van der Waals surface area contributed by atoms with Gasteiger partial charge in [-0.3, -0.25) is 0 Å². The average molecular weight is 381 g/mol. The number of rotatable bonds is 5. The second-order valence-electron chi connectivity index (χ2n) is 8.28. The zero-order valence-electron chi connectivity index (χ0n) is 15.2. The molecule has 1 heterocycles. The van der Waals surface area contributed by atoms with E-state index in [0.717, 1.165) is 17.4 Å². The van der Waals surface area contributed by atoms with E-state index in [-0.39, 0.29) is 6.79 Å². The van der Waals surface area contributed by atoms with Crippen LogP contribution in [0.4, 0.5) is 0 Å². The minimum absolute atomic E-state index is 0.139. The molecule has 0 radical (unpaired) electrons. The molecule has 5 fully saturated rings. The van der Waals surface area contributed by atoms with E-state index in [0.29, 0.717) is 22.6 Å². The summed E-state index contributed by atoms with van der Waals surface area (Å²) in [6.45, 7) is 0.139. The molecule has 1 saturated heterocycles. The van der Waals surface area contributed by atoms with Crippen molar-refractivity contribution in [3.05, 3.63) is 28.8 Å². The van der Waals surface area contributed by atoms with Crippen LogP contribution in [0.2, 0.25) is 5.02 Å². The molecule has 0 aromatic heterocycles. The van der Waals surface area contributed by atoms with Crippen molar-refractivity contribution in [3.8, 4) is 5.75 Å². The van der Waals surface area contributed by atoms with Gasteiger partial charge in [-0.25, -0.2) is 4.89 Å². The Morgan fingerprint density at radius 1 is 1.04 bits per heavy atom. The van der Waals surface area contributed by atoms with Gasteiger partial charge in [0.15, 0.2) is 12.4 Å². The molecule has 6 heteroatoms. The third-order valence-corrected chi connectivity index (χ3v) is 7.41. The predicted octanol–water partition coefficient (Wildman–Crippen LogP) is 4.28. The van der Waals surface area contributed by atoms with Gasteiger partial charge in [-0.2, -0.15) is 4.89 Å². The highest BCUT2D eigenvalue weighted by Gasteiger charge is 2.76. The second kappa shape index (κ2) is 6.08. The van der Waals surface area contributed by atoms with Crippen molar-refractivity contribution in [2.24, 2.45) is 23.7 Å². The monoisotopic (exact) mass is 380 g/mol. The third-order valence-electron chi connectivity index (χ3n) is 7.09. The minimum Gasteiger partial charge on any atom is -0.466 e. The maximum atomic E-state index is 6.29. The fourth-order valence-corrected chi connectivity index (χ4v) is 6.47. The molecule has 142 valence electrons. The Hall–Kier alpha value is -0.850. The molecule has 4 saturated carbocycles. The molecule has 6 rings (SSSR count).